The van der Waals surface area contributed by atoms with Crippen molar-refractivity contribution in [2.75, 3.05) is 7.11 Å². The van der Waals surface area contributed by atoms with Crippen LogP contribution in [0.5, 0.6) is 17.2 Å². The van der Waals surface area contributed by atoms with E-state index in [0.717, 1.165) is 11.3 Å². The Balaban J connectivity index is 2.79. The maximum absolute atomic E-state index is 11.8. The molecule has 0 unspecified atom stereocenters. The highest BCUT2D eigenvalue weighted by atomic mass is 32.1. The Bertz CT molecular complexity index is 880. The van der Waals surface area contributed by atoms with Gasteiger partial charge in [0.15, 0.2) is 11.5 Å². The van der Waals surface area contributed by atoms with Gasteiger partial charge in [-0.2, -0.15) is 0 Å². The van der Waals surface area contributed by atoms with Crippen LogP contribution in [0.1, 0.15) is 30.4 Å². The number of ether oxygens (including phenoxy) is 4. The van der Waals surface area contributed by atoms with Crippen LogP contribution < -0.4 is 14.2 Å². The highest BCUT2D eigenvalue weighted by Gasteiger charge is 2.24. The Labute approximate surface area is 146 Å². The van der Waals surface area contributed by atoms with Gasteiger partial charge in [0, 0.05) is 32.2 Å². The summed E-state index contributed by atoms with van der Waals surface area (Å²) in [4.78, 5) is 46.1. The topological polar surface area (TPSA) is 105 Å². The van der Waals surface area contributed by atoms with E-state index in [2.05, 4.69) is 4.74 Å². The number of carbonyl (C=O) groups excluding carboxylic acids is 4. The molecular formula is C16H14O8S. The number of hydrogen-bond acceptors (Lipinski definition) is 9. The Kier molecular flexibility index (Phi) is 5.38. The van der Waals surface area contributed by atoms with Crippen molar-refractivity contribution in [3.63, 3.8) is 0 Å². The number of rotatable bonds is 4. The first-order valence-corrected chi connectivity index (χ1v) is 7.78. The summed E-state index contributed by atoms with van der Waals surface area (Å²) in [7, 11) is 1.22. The van der Waals surface area contributed by atoms with Gasteiger partial charge in [-0.25, -0.2) is 4.79 Å². The van der Waals surface area contributed by atoms with Crippen LogP contribution in [0, 0.1) is 0 Å². The number of esters is 4. The maximum atomic E-state index is 11.8. The van der Waals surface area contributed by atoms with E-state index < -0.39 is 23.9 Å². The van der Waals surface area contributed by atoms with Crippen LogP contribution in [0.3, 0.4) is 0 Å². The highest BCUT2D eigenvalue weighted by molar-refractivity contribution is 7.21. The third kappa shape index (κ3) is 4.13. The maximum Gasteiger partial charge on any atom is 0.348 e. The summed E-state index contributed by atoms with van der Waals surface area (Å²) in [5.41, 5.74) is 0. The molecule has 0 bridgehead atoms. The van der Waals surface area contributed by atoms with Gasteiger partial charge >= 0.3 is 23.9 Å². The number of fused-ring (bicyclic) bond motifs is 1. The van der Waals surface area contributed by atoms with Crippen LogP contribution in [0.2, 0.25) is 0 Å². The predicted octanol–water partition coefficient (Wildman–Crippen LogP) is 2.46. The minimum absolute atomic E-state index is 0.0474. The minimum atomic E-state index is -0.661. The molecule has 1 aromatic carbocycles. The summed E-state index contributed by atoms with van der Waals surface area (Å²) in [6.45, 7) is 3.55. The minimum Gasteiger partial charge on any atom is -0.465 e. The van der Waals surface area contributed by atoms with Gasteiger partial charge in [0.2, 0.25) is 0 Å². The average molecular weight is 366 g/mol. The third-order valence-corrected chi connectivity index (χ3v) is 3.94. The van der Waals surface area contributed by atoms with Gasteiger partial charge in [-0.3, -0.25) is 14.4 Å². The van der Waals surface area contributed by atoms with E-state index in [1.165, 1.54) is 40.0 Å². The van der Waals surface area contributed by atoms with Crippen LogP contribution in [0.15, 0.2) is 12.1 Å². The molecule has 0 N–H and O–H groups in total. The van der Waals surface area contributed by atoms with E-state index in [-0.39, 0.29) is 22.1 Å². The van der Waals surface area contributed by atoms with Crippen LogP contribution >= 0.6 is 11.3 Å². The van der Waals surface area contributed by atoms with Crippen molar-refractivity contribution in [1.29, 1.82) is 0 Å². The zero-order chi connectivity index (χ0) is 18.7. The molecule has 25 heavy (non-hydrogen) atoms. The molecule has 0 spiro atoms. The molecule has 0 saturated heterocycles. The van der Waals surface area contributed by atoms with Crippen molar-refractivity contribution in [2.45, 2.75) is 20.8 Å². The van der Waals surface area contributed by atoms with Crippen molar-refractivity contribution < 1.29 is 38.1 Å². The van der Waals surface area contributed by atoms with Gasteiger partial charge in [-0.1, -0.05) is 0 Å². The molecule has 9 heteroatoms. The fourth-order valence-corrected chi connectivity index (χ4v) is 3.10. The second-order valence-corrected chi connectivity index (χ2v) is 5.88. The first-order valence-electron chi connectivity index (χ1n) is 6.97. The van der Waals surface area contributed by atoms with Crippen molar-refractivity contribution in [1.82, 2.24) is 0 Å². The van der Waals surface area contributed by atoms with Crippen molar-refractivity contribution >= 4 is 45.3 Å². The van der Waals surface area contributed by atoms with Crippen LogP contribution in [-0.2, 0) is 19.1 Å². The second-order valence-electron chi connectivity index (χ2n) is 4.83. The van der Waals surface area contributed by atoms with Crippen molar-refractivity contribution in [2.24, 2.45) is 0 Å². The second kappa shape index (κ2) is 7.31. The van der Waals surface area contributed by atoms with E-state index in [4.69, 9.17) is 14.2 Å². The number of hydrogen-bond donors (Lipinski definition) is 0. The molecule has 132 valence electrons. The van der Waals surface area contributed by atoms with Crippen molar-refractivity contribution in [3.8, 4) is 17.2 Å². The van der Waals surface area contributed by atoms with Crippen LogP contribution in [0.25, 0.3) is 10.1 Å². The van der Waals surface area contributed by atoms with Gasteiger partial charge < -0.3 is 18.9 Å². The standard InChI is InChI=1S/C16H14O8S/c1-7(17)22-11-6-12(23-8(2)18)14(24-9(3)19)15-10(11)5-13(25-15)16(20)21-4/h5-6H,1-4H3. The zero-order valence-electron chi connectivity index (χ0n) is 13.8. The van der Waals surface area contributed by atoms with E-state index in [1.54, 1.807) is 0 Å². The summed E-state index contributed by atoms with van der Waals surface area (Å²) in [6, 6.07) is 2.69. The Morgan fingerprint density at radius 1 is 0.840 bits per heavy atom. The molecule has 0 aliphatic heterocycles. The molecule has 1 aromatic heterocycles. The smallest absolute Gasteiger partial charge is 0.348 e. The summed E-state index contributed by atoms with van der Waals surface area (Å²) >= 11 is 0.947. The summed E-state index contributed by atoms with van der Waals surface area (Å²) in [6.07, 6.45) is 0. The average Bonchev–Trinajstić information content (AvgIpc) is 2.94. The monoisotopic (exact) mass is 366 g/mol. The van der Waals surface area contributed by atoms with E-state index >= 15 is 0 Å². The number of thiophene rings is 1. The van der Waals surface area contributed by atoms with Crippen molar-refractivity contribution in [3.05, 3.63) is 17.0 Å². The molecule has 0 amide bonds. The van der Waals surface area contributed by atoms with Gasteiger partial charge in [0.05, 0.1) is 11.8 Å². The number of carbonyl (C=O) groups is 4. The van der Waals surface area contributed by atoms with Gasteiger partial charge in [0.25, 0.3) is 0 Å². The van der Waals surface area contributed by atoms with Gasteiger partial charge in [-0.05, 0) is 6.07 Å². The molecule has 0 atom stereocenters. The Hall–Kier alpha value is -2.94. The molecule has 0 saturated carbocycles. The highest BCUT2D eigenvalue weighted by Crippen LogP contribution is 2.46. The molecule has 0 radical (unpaired) electrons. The summed E-state index contributed by atoms with van der Waals surface area (Å²) in [5, 5.41) is 0.341. The molecule has 0 aliphatic carbocycles. The molecule has 8 nitrogen and oxygen atoms in total. The van der Waals surface area contributed by atoms with E-state index in [9.17, 15) is 19.2 Å². The van der Waals surface area contributed by atoms with Crippen LogP contribution in [-0.4, -0.2) is 31.0 Å². The lowest BCUT2D eigenvalue weighted by Crippen LogP contribution is -2.08. The SMILES string of the molecule is COC(=O)c1cc2c(OC(C)=O)cc(OC(C)=O)c(OC(C)=O)c2s1. The number of benzene rings is 1. The van der Waals surface area contributed by atoms with Gasteiger partial charge in [-0.15, -0.1) is 11.3 Å². The first kappa shape index (κ1) is 18.4. The number of methoxy groups -OCH3 is 1. The fraction of sp³-hybridized carbons (Fsp3) is 0.250. The van der Waals surface area contributed by atoms with Crippen LogP contribution in [0.4, 0.5) is 0 Å². The first-order chi connectivity index (χ1) is 11.7. The Morgan fingerprint density at radius 3 is 1.92 bits per heavy atom. The Morgan fingerprint density at radius 2 is 1.40 bits per heavy atom. The lowest BCUT2D eigenvalue weighted by atomic mass is 10.2. The largest absolute Gasteiger partial charge is 0.465 e. The summed E-state index contributed by atoms with van der Waals surface area (Å²) in [5.74, 6) is -2.63. The summed E-state index contributed by atoms with van der Waals surface area (Å²) < 4.78 is 20.3. The molecule has 2 aromatic rings. The van der Waals surface area contributed by atoms with E-state index in [1.807, 2.05) is 0 Å². The zero-order valence-corrected chi connectivity index (χ0v) is 14.6. The van der Waals surface area contributed by atoms with E-state index in [0.29, 0.717) is 10.1 Å². The molecule has 0 aliphatic rings. The quantitative estimate of drug-likeness (QED) is 0.600. The molecule has 0 fully saturated rings. The predicted molar refractivity (Wildman–Crippen MR) is 87.1 cm³/mol. The molecule has 2 rings (SSSR count). The third-order valence-electron chi connectivity index (χ3n) is 2.83. The molecular weight excluding hydrogens is 352 g/mol. The lowest BCUT2D eigenvalue weighted by molar-refractivity contribution is -0.134. The lowest BCUT2D eigenvalue weighted by Gasteiger charge is -2.12. The fourth-order valence-electron chi connectivity index (χ4n) is 2.03. The molecule has 1 heterocycles. The normalized spacial score (nSPS) is 10.2. The van der Waals surface area contributed by atoms with Gasteiger partial charge in [0.1, 0.15) is 10.6 Å².